The normalized spacial score (nSPS) is 11.9. The van der Waals surface area contributed by atoms with E-state index in [-0.39, 0.29) is 24.6 Å². The van der Waals surface area contributed by atoms with Crippen molar-refractivity contribution >= 4 is 39.1 Å². The van der Waals surface area contributed by atoms with Crippen LogP contribution in [0.3, 0.4) is 0 Å². The third-order valence-electron chi connectivity index (χ3n) is 6.08. The van der Waals surface area contributed by atoms with Crippen molar-refractivity contribution in [2.45, 2.75) is 32.4 Å². The largest absolute Gasteiger partial charge is 0.497 e. The van der Waals surface area contributed by atoms with Gasteiger partial charge in [-0.25, -0.2) is 8.42 Å². The van der Waals surface area contributed by atoms with E-state index in [1.54, 1.807) is 43.5 Å². The number of benzene rings is 3. The zero-order valence-corrected chi connectivity index (χ0v) is 23.9. The van der Waals surface area contributed by atoms with Crippen LogP contribution in [0.5, 0.6) is 5.75 Å². The quantitative estimate of drug-likeness (QED) is 0.330. The standard InChI is InChI=1S/C29H34ClN3O5S/c1-4-16-31-29(35)27(18-22-10-6-5-7-11-22)32(20-23-12-8-15-26(17-23)38-2)28(34)21-33(39(3,36)37)25-14-9-13-24(30)19-25/h5-15,17,19,27H,4,16,18,20-21H2,1-3H3,(H,31,35)/t27-/m1/s1. The van der Waals surface area contributed by atoms with E-state index in [0.29, 0.717) is 17.3 Å². The van der Waals surface area contributed by atoms with Crippen molar-refractivity contribution in [3.63, 3.8) is 0 Å². The fourth-order valence-corrected chi connectivity index (χ4v) is 5.16. The van der Waals surface area contributed by atoms with Crippen molar-refractivity contribution in [3.8, 4) is 5.75 Å². The molecule has 0 radical (unpaired) electrons. The van der Waals surface area contributed by atoms with Gasteiger partial charge in [-0.2, -0.15) is 0 Å². The molecule has 0 saturated heterocycles. The Labute approximate surface area is 235 Å². The molecule has 0 saturated carbocycles. The summed E-state index contributed by atoms with van der Waals surface area (Å²) in [6, 6.07) is 22.0. The number of halogens is 1. The molecule has 0 aromatic heterocycles. The van der Waals surface area contributed by atoms with Crippen molar-refractivity contribution in [1.82, 2.24) is 10.2 Å². The number of hydrogen-bond acceptors (Lipinski definition) is 5. The van der Waals surface area contributed by atoms with Crippen LogP contribution in [0.2, 0.25) is 5.02 Å². The number of ether oxygens (including phenoxy) is 1. The Morgan fingerprint density at radius 1 is 0.974 bits per heavy atom. The Morgan fingerprint density at radius 2 is 1.67 bits per heavy atom. The molecule has 2 amide bonds. The first kappa shape index (κ1) is 30.0. The van der Waals surface area contributed by atoms with Crippen molar-refractivity contribution in [2.75, 3.05) is 30.8 Å². The molecular formula is C29H34ClN3O5S. The summed E-state index contributed by atoms with van der Waals surface area (Å²) < 4.78 is 31.9. The lowest BCUT2D eigenvalue weighted by Gasteiger charge is -2.33. The third kappa shape index (κ3) is 8.73. The summed E-state index contributed by atoms with van der Waals surface area (Å²) in [5.74, 6) is -0.243. The average molecular weight is 572 g/mol. The number of amides is 2. The second kappa shape index (κ2) is 14.0. The molecular weight excluding hydrogens is 538 g/mol. The van der Waals surface area contributed by atoms with Gasteiger partial charge in [0, 0.05) is 24.5 Å². The highest BCUT2D eigenvalue weighted by atomic mass is 35.5. The summed E-state index contributed by atoms with van der Waals surface area (Å²) in [5, 5.41) is 3.25. The number of rotatable bonds is 13. The van der Waals surface area contributed by atoms with Crippen LogP contribution in [0, 0.1) is 0 Å². The van der Waals surface area contributed by atoms with E-state index in [1.165, 1.54) is 11.0 Å². The van der Waals surface area contributed by atoms with Gasteiger partial charge in [-0.1, -0.05) is 67.1 Å². The first-order valence-electron chi connectivity index (χ1n) is 12.6. The Hall–Kier alpha value is -3.56. The van der Waals surface area contributed by atoms with Crippen LogP contribution in [0.1, 0.15) is 24.5 Å². The second-order valence-corrected chi connectivity index (χ2v) is 11.5. The van der Waals surface area contributed by atoms with Gasteiger partial charge in [-0.3, -0.25) is 13.9 Å². The molecule has 3 aromatic rings. The average Bonchev–Trinajstić information content (AvgIpc) is 2.92. The highest BCUT2D eigenvalue weighted by molar-refractivity contribution is 7.92. The van der Waals surface area contributed by atoms with E-state index in [9.17, 15) is 18.0 Å². The van der Waals surface area contributed by atoms with Gasteiger partial charge in [0.1, 0.15) is 18.3 Å². The predicted octanol–water partition coefficient (Wildman–Crippen LogP) is 4.28. The molecule has 1 atom stereocenters. The number of nitrogens with zero attached hydrogens (tertiary/aromatic N) is 2. The second-order valence-electron chi connectivity index (χ2n) is 9.12. The van der Waals surface area contributed by atoms with Crippen LogP contribution < -0.4 is 14.4 Å². The molecule has 0 heterocycles. The van der Waals surface area contributed by atoms with Gasteiger partial charge in [0.15, 0.2) is 0 Å². The topological polar surface area (TPSA) is 96.0 Å². The predicted molar refractivity (Wildman–Crippen MR) is 154 cm³/mol. The Balaban J connectivity index is 2.05. The van der Waals surface area contributed by atoms with Gasteiger partial charge in [0.25, 0.3) is 0 Å². The fraction of sp³-hybridized carbons (Fsp3) is 0.310. The van der Waals surface area contributed by atoms with Crippen LogP contribution >= 0.6 is 11.6 Å². The molecule has 3 aromatic carbocycles. The molecule has 39 heavy (non-hydrogen) atoms. The molecule has 1 N–H and O–H groups in total. The van der Waals surface area contributed by atoms with Gasteiger partial charge in [-0.15, -0.1) is 0 Å². The lowest BCUT2D eigenvalue weighted by Crippen LogP contribution is -2.53. The highest BCUT2D eigenvalue weighted by Gasteiger charge is 2.33. The number of carbonyl (C=O) groups is 2. The summed E-state index contributed by atoms with van der Waals surface area (Å²) >= 11 is 6.12. The van der Waals surface area contributed by atoms with Crippen molar-refractivity contribution in [1.29, 1.82) is 0 Å². The molecule has 208 valence electrons. The van der Waals surface area contributed by atoms with E-state index < -0.39 is 28.5 Å². The monoisotopic (exact) mass is 571 g/mol. The molecule has 0 unspecified atom stereocenters. The van der Waals surface area contributed by atoms with Crippen LogP contribution in [0.4, 0.5) is 5.69 Å². The van der Waals surface area contributed by atoms with Crippen LogP contribution in [0.15, 0.2) is 78.9 Å². The van der Waals surface area contributed by atoms with Crippen LogP contribution in [-0.4, -0.2) is 57.6 Å². The molecule has 0 bridgehead atoms. The van der Waals surface area contributed by atoms with E-state index in [0.717, 1.165) is 28.1 Å². The third-order valence-corrected chi connectivity index (χ3v) is 7.46. The summed E-state index contributed by atoms with van der Waals surface area (Å²) in [5.41, 5.74) is 1.86. The van der Waals surface area contributed by atoms with E-state index in [1.807, 2.05) is 43.3 Å². The number of nitrogens with one attached hydrogen (secondary N) is 1. The zero-order chi connectivity index (χ0) is 28.4. The number of hydrogen-bond donors (Lipinski definition) is 1. The van der Waals surface area contributed by atoms with Gasteiger partial charge in [0.2, 0.25) is 21.8 Å². The van der Waals surface area contributed by atoms with E-state index >= 15 is 0 Å². The van der Waals surface area contributed by atoms with Crippen molar-refractivity contribution in [2.24, 2.45) is 0 Å². The molecule has 0 aliphatic carbocycles. The minimum atomic E-state index is -3.86. The number of carbonyl (C=O) groups excluding carboxylic acids is 2. The Kier molecular flexibility index (Phi) is 10.8. The summed E-state index contributed by atoms with van der Waals surface area (Å²) in [7, 11) is -2.31. The fourth-order valence-electron chi connectivity index (χ4n) is 4.13. The first-order chi connectivity index (χ1) is 18.6. The van der Waals surface area contributed by atoms with E-state index in [2.05, 4.69) is 5.32 Å². The van der Waals surface area contributed by atoms with Crippen LogP contribution in [0.25, 0.3) is 0 Å². The first-order valence-corrected chi connectivity index (χ1v) is 14.8. The van der Waals surface area contributed by atoms with Gasteiger partial charge >= 0.3 is 0 Å². The maximum absolute atomic E-state index is 14.0. The van der Waals surface area contributed by atoms with Crippen molar-refractivity contribution < 1.29 is 22.7 Å². The number of methoxy groups -OCH3 is 1. The lowest BCUT2D eigenvalue weighted by atomic mass is 10.0. The molecule has 0 aliphatic heterocycles. The minimum absolute atomic E-state index is 0.0697. The lowest BCUT2D eigenvalue weighted by molar-refractivity contribution is -0.140. The summed E-state index contributed by atoms with van der Waals surface area (Å²) in [6.07, 6.45) is 2.01. The Morgan fingerprint density at radius 3 is 2.31 bits per heavy atom. The zero-order valence-electron chi connectivity index (χ0n) is 22.3. The van der Waals surface area contributed by atoms with E-state index in [4.69, 9.17) is 16.3 Å². The molecule has 8 nitrogen and oxygen atoms in total. The van der Waals surface area contributed by atoms with Gasteiger partial charge in [-0.05, 0) is 47.9 Å². The number of anilines is 1. The van der Waals surface area contributed by atoms with Crippen molar-refractivity contribution in [3.05, 3.63) is 95.0 Å². The van der Waals surface area contributed by atoms with Crippen LogP contribution in [-0.2, 0) is 32.6 Å². The maximum Gasteiger partial charge on any atom is 0.244 e. The minimum Gasteiger partial charge on any atom is -0.497 e. The molecule has 10 heteroatoms. The molecule has 0 aliphatic rings. The smallest absolute Gasteiger partial charge is 0.244 e. The maximum atomic E-state index is 14.0. The highest BCUT2D eigenvalue weighted by Crippen LogP contribution is 2.24. The summed E-state index contributed by atoms with van der Waals surface area (Å²) in [6.45, 7) is 1.96. The SMILES string of the molecule is CCCNC(=O)[C@@H](Cc1ccccc1)N(Cc1cccc(OC)c1)C(=O)CN(c1cccc(Cl)c1)S(C)(=O)=O. The number of sulfonamides is 1. The van der Waals surface area contributed by atoms with Gasteiger partial charge in [0.05, 0.1) is 19.1 Å². The Bertz CT molecular complexity index is 1370. The molecule has 3 rings (SSSR count). The molecule has 0 fully saturated rings. The molecule has 0 spiro atoms. The van der Waals surface area contributed by atoms with Gasteiger partial charge < -0.3 is 15.0 Å². The summed E-state index contributed by atoms with van der Waals surface area (Å²) in [4.78, 5) is 28.9.